The Balaban J connectivity index is 1.49. The first-order chi connectivity index (χ1) is 15.5. The zero-order valence-corrected chi connectivity index (χ0v) is 18.4. The van der Waals surface area contributed by atoms with Gasteiger partial charge < -0.3 is 14.9 Å². The summed E-state index contributed by atoms with van der Waals surface area (Å²) in [5, 5.41) is 10.7. The van der Waals surface area contributed by atoms with Crippen LogP contribution in [0.25, 0.3) is 10.9 Å². The molecular weight excluding hydrogens is 426 g/mol. The van der Waals surface area contributed by atoms with Gasteiger partial charge in [-0.05, 0) is 42.5 Å². The van der Waals surface area contributed by atoms with Crippen LogP contribution in [-0.4, -0.2) is 58.1 Å². The molecule has 1 unspecified atom stereocenters. The number of carboxylic acid groups (broad SMARTS) is 1. The Labute approximate surface area is 191 Å². The zero-order chi connectivity index (χ0) is 22.2. The number of halogens is 1. The van der Waals surface area contributed by atoms with E-state index in [1.807, 2.05) is 30.3 Å². The van der Waals surface area contributed by atoms with Gasteiger partial charge >= 0.3 is 6.09 Å². The van der Waals surface area contributed by atoms with Gasteiger partial charge in [0.1, 0.15) is 0 Å². The fourth-order valence-electron chi connectivity index (χ4n) is 4.85. The molecular formula is C25H24ClN3O3. The van der Waals surface area contributed by atoms with Crippen LogP contribution in [-0.2, 0) is 6.42 Å². The number of nitrogens with zero attached hydrogens (tertiary/aromatic N) is 3. The van der Waals surface area contributed by atoms with Gasteiger partial charge in [0.15, 0.2) is 0 Å². The van der Waals surface area contributed by atoms with E-state index in [0.29, 0.717) is 31.7 Å². The molecule has 2 aromatic carbocycles. The second-order valence-corrected chi connectivity index (χ2v) is 8.82. The van der Waals surface area contributed by atoms with Gasteiger partial charge in [-0.1, -0.05) is 48.0 Å². The predicted molar refractivity (Wildman–Crippen MR) is 123 cm³/mol. The number of aromatic nitrogens is 1. The number of carbonyl (C=O) groups is 2. The molecule has 0 bridgehead atoms. The maximum Gasteiger partial charge on any atom is 0.407 e. The highest BCUT2D eigenvalue weighted by Crippen LogP contribution is 2.41. The molecule has 1 aliphatic carbocycles. The fourth-order valence-corrected chi connectivity index (χ4v) is 5.21. The Morgan fingerprint density at radius 3 is 2.44 bits per heavy atom. The van der Waals surface area contributed by atoms with E-state index in [4.69, 9.17) is 21.7 Å². The minimum atomic E-state index is -0.945. The molecule has 5 rings (SSSR count). The van der Waals surface area contributed by atoms with Crippen LogP contribution in [0, 0.1) is 0 Å². The largest absolute Gasteiger partial charge is 0.465 e. The van der Waals surface area contributed by atoms with Crippen molar-refractivity contribution in [3.8, 4) is 0 Å². The number of carbonyl (C=O) groups excluding carboxylic acids is 1. The van der Waals surface area contributed by atoms with Crippen LogP contribution in [0.2, 0.25) is 5.02 Å². The van der Waals surface area contributed by atoms with Crippen LogP contribution in [0.3, 0.4) is 0 Å². The number of piperazine rings is 1. The number of fused-ring (bicyclic) bond motifs is 2. The van der Waals surface area contributed by atoms with E-state index in [1.54, 1.807) is 11.0 Å². The van der Waals surface area contributed by atoms with Crippen molar-refractivity contribution in [2.45, 2.75) is 25.2 Å². The van der Waals surface area contributed by atoms with Crippen molar-refractivity contribution >= 4 is 34.5 Å². The van der Waals surface area contributed by atoms with Crippen LogP contribution in [0.4, 0.5) is 4.79 Å². The van der Waals surface area contributed by atoms with Gasteiger partial charge in [0, 0.05) is 43.0 Å². The first kappa shape index (κ1) is 20.8. The molecule has 1 aromatic heterocycles. The fraction of sp³-hybridized carbons (Fsp3) is 0.320. The molecule has 164 valence electrons. The lowest BCUT2D eigenvalue weighted by molar-refractivity contribution is 0.0625. The topological polar surface area (TPSA) is 73.7 Å². The Hall–Kier alpha value is -3.12. The molecule has 2 amide bonds. The lowest BCUT2D eigenvalue weighted by atomic mass is 9.81. The number of rotatable bonds is 2. The van der Waals surface area contributed by atoms with Gasteiger partial charge in [-0.3, -0.25) is 9.78 Å². The Kier molecular flexibility index (Phi) is 5.47. The summed E-state index contributed by atoms with van der Waals surface area (Å²) in [5.41, 5.74) is 4.64. The average Bonchev–Trinajstić information content (AvgIpc) is 2.83. The van der Waals surface area contributed by atoms with Crippen molar-refractivity contribution in [3.63, 3.8) is 0 Å². The van der Waals surface area contributed by atoms with Gasteiger partial charge in [0.2, 0.25) is 0 Å². The van der Waals surface area contributed by atoms with Crippen molar-refractivity contribution in [2.24, 2.45) is 0 Å². The summed E-state index contributed by atoms with van der Waals surface area (Å²) < 4.78 is 0. The van der Waals surface area contributed by atoms with Gasteiger partial charge in [0.25, 0.3) is 5.91 Å². The standard InChI is InChI=1S/C25H24ClN3O3/c26-22-19-10-9-17(24(30)28-11-13-29(14-12-28)25(31)32)15-21(19)27-23-18(7-4-8-20(22)23)16-5-2-1-3-6-16/h1-3,5-6,9-10,15,18H,4,7-8,11-14H2,(H,31,32). The number of pyridine rings is 1. The van der Waals surface area contributed by atoms with Crippen LogP contribution >= 0.6 is 11.6 Å². The Bertz CT molecular complexity index is 1190. The molecule has 6 nitrogen and oxygen atoms in total. The quantitative estimate of drug-likeness (QED) is 0.610. The van der Waals surface area contributed by atoms with Crippen molar-refractivity contribution in [3.05, 3.63) is 75.9 Å². The molecule has 1 N–H and O–H groups in total. The summed E-state index contributed by atoms with van der Waals surface area (Å²) in [6, 6.07) is 15.9. The molecule has 1 fully saturated rings. The Morgan fingerprint density at radius 2 is 1.72 bits per heavy atom. The molecule has 1 aliphatic heterocycles. The lowest BCUT2D eigenvalue weighted by Gasteiger charge is -2.33. The number of benzene rings is 2. The maximum absolute atomic E-state index is 13.1. The third kappa shape index (κ3) is 3.69. The van der Waals surface area contributed by atoms with Crippen molar-refractivity contribution in [2.75, 3.05) is 26.2 Å². The van der Waals surface area contributed by atoms with Crippen LogP contribution in [0.5, 0.6) is 0 Å². The number of hydrogen-bond donors (Lipinski definition) is 1. The molecule has 0 radical (unpaired) electrons. The van der Waals surface area contributed by atoms with E-state index in [1.165, 1.54) is 10.5 Å². The number of hydrogen-bond acceptors (Lipinski definition) is 3. The van der Waals surface area contributed by atoms with Crippen molar-refractivity contribution in [1.29, 1.82) is 0 Å². The minimum Gasteiger partial charge on any atom is -0.465 e. The van der Waals surface area contributed by atoms with Crippen LogP contribution < -0.4 is 0 Å². The Morgan fingerprint density at radius 1 is 1.00 bits per heavy atom. The van der Waals surface area contributed by atoms with Gasteiger partial charge in [-0.15, -0.1) is 0 Å². The first-order valence-corrected chi connectivity index (χ1v) is 11.3. The zero-order valence-electron chi connectivity index (χ0n) is 17.6. The molecule has 1 atom stereocenters. The summed E-state index contributed by atoms with van der Waals surface area (Å²) in [6.45, 7) is 1.42. The molecule has 1 saturated heterocycles. The smallest absolute Gasteiger partial charge is 0.407 e. The van der Waals surface area contributed by atoms with Crippen molar-refractivity contribution < 1.29 is 14.7 Å². The van der Waals surface area contributed by atoms with Crippen LogP contribution in [0.15, 0.2) is 48.5 Å². The van der Waals surface area contributed by atoms with E-state index >= 15 is 0 Å². The predicted octanol–water partition coefficient (Wildman–Crippen LogP) is 4.79. The van der Waals surface area contributed by atoms with Crippen LogP contribution in [0.1, 0.15) is 45.9 Å². The van der Waals surface area contributed by atoms with E-state index in [9.17, 15) is 9.59 Å². The van der Waals surface area contributed by atoms with Gasteiger partial charge in [-0.25, -0.2) is 4.79 Å². The second-order valence-electron chi connectivity index (χ2n) is 8.44. The summed E-state index contributed by atoms with van der Waals surface area (Å²) >= 11 is 6.84. The molecule has 0 saturated carbocycles. The monoisotopic (exact) mass is 449 g/mol. The summed E-state index contributed by atoms with van der Waals surface area (Å²) in [5.74, 6) is 0.0949. The van der Waals surface area contributed by atoms with E-state index < -0.39 is 6.09 Å². The summed E-state index contributed by atoms with van der Waals surface area (Å²) in [7, 11) is 0. The minimum absolute atomic E-state index is 0.104. The van der Waals surface area contributed by atoms with E-state index in [0.717, 1.165) is 46.4 Å². The first-order valence-electron chi connectivity index (χ1n) is 11.0. The maximum atomic E-state index is 13.1. The summed E-state index contributed by atoms with van der Waals surface area (Å²) in [4.78, 5) is 32.3. The normalized spacial score (nSPS) is 18.5. The molecule has 3 aromatic rings. The molecule has 2 aliphatic rings. The number of amides is 2. The molecule has 32 heavy (non-hydrogen) atoms. The summed E-state index contributed by atoms with van der Waals surface area (Å²) in [6.07, 6.45) is 2.06. The van der Waals surface area contributed by atoms with Gasteiger partial charge in [-0.2, -0.15) is 0 Å². The average molecular weight is 450 g/mol. The molecule has 0 spiro atoms. The highest BCUT2D eigenvalue weighted by Gasteiger charge is 2.28. The lowest BCUT2D eigenvalue weighted by Crippen LogP contribution is -2.50. The third-order valence-electron chi connectivity index (χ3n) is 6.59. The second kappa shape index (κ2) is 8.43. The van der Waals surface area contributed by atoms with Gasteiger partial charge in [0.05, 0.1) is 16.2 Å². The van der Waals surface area contributed by atoms with E-state index in [2.05, 4.69) is 12.1 Å². The highest BCUT2D eigenvalue weighted by atomic mass is 35.5. The van der Waals surface area contributed by atoms with Crippen molar-refractivity contribution in [1.82, 2.24) is 14.8 Å². The van der Waals surface area contributed by atoms with E-state index in [-0.39, 0.29) is 11.8 Å². The third-order valence-corrected chi connectivity index (χ3v) is 7.02. The molecule has 7 heteroatoms. The highest BCUT2D eigenvalue weighted by molar-refractivity contribution is 6.36. The SMILES string of the molecule is O=C(O)N1CCN(C(=O)c2ccc3c(Cl)c4c(nc3c2)C(c2ccccc2)CCC4)CC1. The molecule has 2 heterocycles.